The second-order valence-corrected chi connectivity index (χ2v) is 3.23. The maximum atomic E-state index is 11.0. The lowest BCUT2D eigenvalue weighted by Gasteiger charge is -2.17. The van der Waals surface area contributed by atoms with Crippen molar-refractivity contribution in [2.45, 2.75) is 19.9 Å². The minimum absolute atomic E-state index is 0.0801. The van der Waals surface area contributed by atoms with Gasteiger partial charge in [-0.3, -0.25) is 4.79 Å². The molecule has 1 N–H and O–H groups in total. The van der Waals surface area contributed by atoms with E-state index in [1.165, 1.54) is 0 Å². The number of amides is 1. The molecule has 2 heterocycles. The topological polar surface area (TPSA) is 56.2 Å². The Kier molecular flexibility index (Phi) is 1.72. The van der Waals surface area contributed by atoms with Gasteiger partial charge in [0.1, 0.15) is 0 Å². The average molecular weight is 181 g/mol. The van der Waals surface area contributed by atoms with Gasteiger partial charge in [-0.1, -0.05) is 0 Å². The third-order valence-electron chi connectivity index (χ3n) is 1.87. The van der Waals surface area contributed by atoms with Gasteiger partial charge in [0.2, 0.25) is 0 Å². The number of aromatic nitrogens is 2. The molecule has 1 amide bonds. The molecule has 0 spiro atoms. The van der Waals surface area contributed by atoms with E-state index in [-0.39, 0.29) is 18.6 Å². The van der Waals surface area contributed by atoms with E-state index in [1.54, 1.807) is 10.9 Å². The second-order valence-electron chi connectivity index (χ2n) is 3.23. The number of carbonyl (C=O) groups excluding carboxylic acids is 1. The van der Waals surface area contributed by atoms with E-state index >= 15 is 0 Å². The number of anilines is 1. The third kappa shape index (κ3) is 1.26. The fraction of sp³-hybridized carbons (Fsp3) is 0.500. The molecule has 0 aliphatic carbocycles. The summed E-state index contributed by atoms with van der Waals surface area (Å²) in [4.78, 5) is 11.0. The highest BCUT2D eigenvalue weighted by atomic mass is 16.5. The zero-order chi connectivity index (χ0) is 9.42. The molecule has 0 atom stereocenters. The Labute approximate surface area is 75.7 Å². The van der Waals surface area contributed by atoms with E-state index in [0.717, 1.165) is 0 Å². The van der Waals surface area contributed by atoms with Gasteiger partial charge in [0.05, 0.1) is 6.20 Å². The molecule has 0 saturated heterocycles. The van der Waals surface area contributed by atoms with Crippen molar-refractivity contribution < 1.29 is 9.53 Å². The van der Waals surface area contributed by atoms with Crippen molar-refractivity contribution >= 4 is 11.7 Å². The van der Waals surface area contributed by atoms with Crippen LogP contribution in [0.15, 0.2) is 6.20 Å². The highest BCUT2D eigenvalue weighted by Crippen LogP contribution is 2.28. The molecule has 0 fully saturated rings. The lowest BCUT2D eigenvalue weighted by molar-refractivity contribution is -0.118. The maximum Gasteiger partial charge on any atom is 0.263 e. The molecule has 1 aromatic rings. The normalized spacial score (nSPS) is 15.2. The lowest BCUT2D eigenvalue weighted by atomic mass is 10.4. The van der Waals surface area contributed by atoms with Crippen LogP contribution >= 0.6 is 0 Å². The predicted molar refractivity (Wildman–Crippen MR) is 46.7 cm³/mol. The van der Waals surface area contributed by atoms with Crippen molar-refractivity contribution in [3.63, 3.8) is 0 Å². The van der Waals surface area contributed by atoms with E-state index in [9.17, 15) is 4.79 Å². The molecular formula is C8H11N3O2. The first kappa shape index (κ1) is 8.10. The number of hydrogen-bond donors (Lipinski definition) is 1. The molecule has 70 valence electrons. The van der Waals surface area contributed by atoms with Crippen LogP contribution in [-0.4, -0.2) is 22.3 Å². The molecule has 5 nitrogen and oxygen atoms in total. The standard InChI is InChI=1S/C8H11N3O2/c1-5(2)11-8-6(3-9-11)13-4-7(12)10-8/h3,5H,4H2,1-2H3,(H,10,12). The van der Waals surface area contributed by atoms with Crippen molar-refractivity contribution in [1.29, 1.82) is 0 Å². The number of fused-ring (bicyclic) bond motifs is 1. The Morgan fingerprint density at radius 2 is 2.46 bits per heavy atom. The monoisotopic (exact) mass is 181 g/mol. The Hall–Kier alpha value is -1.52. The van der Waals surface area contributed by atoms with Gasteiger partial charge in [-0.05, 0) is 13.8 Å². The first-order chi connectivity index (χ1) is 6.18. The molecule has 0 bridgehead atoms. The molecule has 0 radical (unpaired) electrons. The summed E-state index contributed by atoms with van der Waals surface area (Å²) in [6.45, 7) is 4.07. The molecule has 2 rings (SSSR count). The SMILES string of the molecule is CC(C)n1ncc2c1NC(=O)CO2. The third-order valence-corrected chi connectivity index (χ3v) is 1.87. The number of ether oxygens (including phenoxy) is 1. The minimum atomic E-state index is -0.130. The zero-order valence-corrected chi connectivity index (χ0v) is 7.57. The second kappa shape index (κ2) is 2.76. The van der Waals surface area contributed by atoms with Gasteiger partial charge in [-0.2, -0.15) is 5.10 Å². The van der Waals surface area contributed by atoms with Gasteiger partial charge >= 0.3 is 0 Å². The largest absolute Gasteiger partial charge is 0.478 e. The van der Waals surface area contributed by atoms with Crippen LogP contribution in [0.4, 0.5) is 5.82 Å². The van der Waals surface area contributed by atoms with Crippen LogP contribution in [0, 0.1) is 0 Å². The number of nitrogens with one attached hydrogen (secondary N) is 1. The minimum Gasteiger partial charge on any atom is -0.478 e. The van der Waals surface area contributed by atoms with Crippen molar-refractivity contribution in [1.82, 2.24) is 9.78 Å². The van der Waals surface area contributed by atoms with Crippen LogP contribution in [-0.2, 0) is 4.79 Å². The van der Waals surface area contributed by atoms with Crippen LogP contribution in [0.2, 0.25) is 0 Å². The summed E-state index contributed by atoms with van der Waals surface area (Å²) in [5.41, 5.74) is 0. The fourth-order valence-electron chi connectivity index (χ4n) is 1.27. The Bertz CT molecular complexity index is 343. The summed E-state index contributed by atoms with van der Waals surface area (Å²) in [6, 6.07) is 0.214. The lowest BCUT2D eigenvalue weighted by Crippen LogP contribution is -2.27. The van der Waals surface area contributed by atoms with Crippen LogP contribution in [0.25, 0.3) is 0 Å². The number of rotatable bonds is 1. The molecule has 1 aromatic heterocycles. The van der Waals surface area contributed by atoms with E-state index in [4.69, 9.17) is 4.74 Å². The van der Waals surface area contributed by atoms with Crippen molar-refractivity contribution in [3.05, 3.63) is 6.20 Å². The van der Waals surface area contributed by atoms with Gasteiger partial charge in [0.25, 0.3) is 5.91 Å². The summed E-state index contributed by atoms with van der Waals surface area (Å²) in [5.74, 6) is 1.18. The first-order valence-electron chi connectivity index (χ1n) is 4.18. The highest BCUT2D eigenvalue weighted by Gasteiger charge is 2.21. The fourth-order valence-corrected chi connectivity index (χ4v) is 1.27. The molecule has 5 heteroatoms. The summed E-state index contributed by atoms with van der Waals surface area (Å²) >= 11 is 0. The number of carbonyl (C=O) groups is 1. The van der Waals surface area contributed by atoms with Crippen LogP contribution in [0.1, 0.15) is 19.9 Å². The Balaban J connectivity index is 2.41. The van der Waals surface area contributed by atoms with E-state index in [1.807, 2.05) is 13.8 Å². The van der Waals surface area contributed by atoms with Crippen molar-refractivity contribution in [2.75, 3.05) is 11.9 Å². The number of hydrogen-bond acceptors (Lipinski definition) is 3. The van der Waals surface area contributed by atoms with Crippen molar-refractivity contribution in [2.24, 2.45) is 0 Å². The summed E-state index contributed by atoms with van der Waals surface area (Å²) in [6.07, 6.45) is 1.62. The molecule has 13 heavy (non-hydrogen) atoms. The number of nitrogens with zero attached hydrogens (tertiary/aromatic N) is 2. The van der Waals surface area contributed by atoms with Crippen LogP contribution < -0.4 is 10.1 Å². The predicted octanol–water partition coefficient (Wildman–Crippen LogP) is 0.795. The molecule has 0 aromatic carbocycles. The smallest absolute Gasteiger partial charge is 0.263 e. The quantitative estimate of drug-likeness (QED) is 0.697. The molecule has 1 aliphatic heterocycles. The maximum absolute atomic E-state index is 11.0. The van der Waals surface area contributed by atoms with E-state index in [0.29, 0.717) is 11.6 Å². The van der Waals surface area contributed by atoms with Gasteiger partial charge in [0, 0.05) is 6.04 Å². The highest BCUT2D eigenvalue weighted by molar-refractivity contribution is 5.94. The summed E-state index contributed by atoms with van der Waals surface area (Å²) in [5, 5.41) is 6.84. The first-order valence-corrected chi connectivity index (χ1v) is 4.18. The Morgan fingerprint density at radius 3 is 3.15 bits per heavy atom. The zero-order valence-electron chi connectivity index (χ0n) is 7.57. The molecule has 1 aliphatic rings. The average Bonchev–Trinajstić information content (AvgIpc) is 2.46. The van der Waals surface area contributed by atoms with Crippen molar-refractivity contribution in [3.8, 4) is 5.75 Å². The van der Waals surface area contributed by atoms with Crippen LogP contribution in [0.5, 0.6) is 5.75 Å². The van der Waals surface area contributed by atoms with Gasteiger partial charge in [-0.15, -0.1) is 0 Å². The van der Waals surface area contributed by atoms with Crippen LogP contribution in [0.3, 0.4) is 0 Å². The molecule has 0 saturated carbocycles. The van der Waals surface area contributed by atoms with E-state index < -0.39 is 0 Å². The Morgan fingerprint density at radius 1 is 1.69 bits per heavy atom. The summed E-state index contributed by atoms with van der Waals surface area (Å²) in [7, 11) is 0. The molecular weight excluding hydrogens is 170 g/mol. The summed E-state index contributed by atoms with van der Waals surface area (Å²) < 4.78 is 6.90. The molecule has 0 unspecified atom stereocenters. The van der Waals surface area contributed by atoms with Gasteiger partial charge in [0.15, 0.2) is 18.2 Å². The van der Waals surface area contributed by atoms with Gasteiger partial charge in [-0.25, -0.2) is 4.68 Å². The van der Waals surface area contributed by atoms with Gasteiger partial charge < -0.3 is 10.1 Å². The van der Waals surface area contributed by atoms with E-state index in [2.05, 4.69) is 10.4 Å².